The van der Waals surface area contributed by atoms with Crippen LogP contribution in [-0.2, 0) is 14.3 Å². The predicted octanol–water partition coefficient (Wildman–Crippen LogP) is 4.59. The molecule has 0 saturated heterocycles. The van der Waals surface area contributed by atoms with Gasteiger partial charge in [0.1, 0.15) is 6.04 Å². The molecule has 0 aliphatic rings. The third-order valence-corrected chi connectivity index (χ3v) is 3.87. The third-order valence-electron chi connectivity index (χ3n) is 3.87. The summed E-state index contributed by atoms with van der Waals surface area (Å²) in [5, 5.41) is 2.39. The number of hydrogen-bond acceptors (Lipinski definition) is 4. The van der Waals surface area contributed by atoms with Gasteiger partial charge in [-0.1, -0.05) is 71.1 Å². The molecule has 0 bridgehead atoms. The van der Waals surface area contributed by atoms with Crippen molar-refractivity contribution in [2.45, 2.75) is 90.5 Å². The van der Waals surface area contributed by atoms with Gasteiger partial charge in [0.05, 0.1) is 13.7 Å². The van der Waals surface area contributed by atoms with E-state index in [1.54, 1.807) is 6.92 Å². The Morgan fingerprint density at radius 1 is 0.870 bits per heavy atom. The summed E-state index contributed by atoms with van der Waals surface area (Å²) < 4.78 is 9.55. The number of hydrogen-bond donors (Lipinski definition) is 1. The van der Waals surface area contributed by atoms with E-state index in [4.69, 9.17) is 4.74 Å². The van der Waals surface area contributed by atoms with E-state index in [1.807, 2.05) is 0 Å². The number of unbranched alkanes of at least 4 members (excludes halogenated alkanes) is 10. The standard InChI is InChI=1S/C18H35NO4/c1-4-5-6-7-8-9-10-11-12-13-14-15-23-17(20)16(2)19-18(21)22-3/h16H,4-15H2,1-3H3,(H,19,21)/t16-/m0/s1. The lowest BCUT2D eigenvalue weighted by atomic mass is 10.1. The maximum Gasteiger partial charge on any atom is 0.407 e. The summed E-state index contributed by atoms with van der Waals surface area (Å²) in [5.74, 6) is -0.414. The molecule has 0 rings (SSSR count). The normalized spacial score (nSPS) is 11.8. The van der Waals surface area contributed by atoms with Crippen molar-refractivity contribution in [1.82, 2.24) is 5.32 Å². The SMILES string of the molecule is CCCCCCCCCCCCCOC(=O)[C@H](C)NC(=O)OC. The molecule has 0 unspecified atom stereocenters. The lowest BCUT2D eigenvalue weighted by Crippen LogP contribution is -2.39. The van der Waals surface area contributed by atoms with Crippen LogP contribution in [0.25, 0.3) is 0 Å². The molecule has 0 spiro atoms. The quantitative estimate of drug-likeness (QED) is 0.374. The minimum Gasteiger partial charge on any atom is -0.464 e. The van der Waals surface area contributed by atoms with Gasteiger partial charge in [-0.2, -0.15) is 0 Å². The minimum absolute atomic E-state index is 0.414. The van der Waals surface area contributed by atoms with Gasteiger partial charge in [-0.05, 0) is 13.3 Å². The van der Waals surface area contributed by atoms with Crippen LogP contribution in [0.4, 0.5) is 4.79 Å². The number of carbonyl (C=O) groups excluding carboxylic acids is 2. The molecule has 0 aliphatic heterocycles. The first-order valence-corrected chi connectivity index (χ1v) is 9.13. The average Bonchev–Trinajstić information content (AvgIpc) is 2.55. The van der Waals surface area contributed by atoms with Crippen molar-refractivity contribution >= 4 is 12.1 Å². The summed E-state index contributed by atoms with van der Waals surface area (Å²) in [6.45, 7) is 4.25. The largest absolute Gasteiger partial charge is 0.464 e. The van der Waals surface area contributed by atoms with Gasteiger partial charge >= 0.3 is 12.1 Å². The zero-order valence-corrected chi connectivity index (χ0v) is 15.2. The van der Waals surface area contributed by atoms with Gasteiger partial charge in [-0.3, -0.25) is 0 Å². The summed E-state index contributed by atoms with van der Waals surface area (Å²) in [6.07, 6.45) is 13.3. The van der Waals surface area contributed by atoms with Gasteiger partial charge in [0.2, 0.25) is 0 Å². The van der Waals surface area contributed by atoms with E-state index in [2.05, 4.69) is 17.0 Å². The van der Waals surface area contributed by atoms with E-state index < -0.39 is 18.1 Å². The van der Waals surface area contributed by atoms with Gasteiger partial charge < -0.3 is 14.8 Å². The van der Waals surface area contributed by atoms with Crippen molar-refractivity contribution < 1.29 is 19.1 Å². The van der Waals surface area contributed by atoms with E-state index in [0.717, 1.165) is 12.8 Å². The second-order valence-electron chi connectivity index (χ2n) is 6.06. The fraction of sp³-hybridized carbons (Fsp3) is 0.889. The molecule has 0 saturated carbocycles. The highest BCUT2D eigenvalue weighted by molar-refractivity contribution is 5.80. The highest BCUT2D eigenvalue weighted by atomic mass is 16.5. The van der Waals surface area contributed by atoms with Gasteiger partial charge in [0, 0.05) is 0 Å². The van der Waals surface area contributed by atoms with Gasteiger partial charge in [0.15, 0.2) is 0 Å². The fourth-order valence-electron chi connectivity index (χ4n) is 2.36. The Bertz CT molecular complexity index is 307. The third kappa shape index (κ3) is 14.1. The number of esters is 1. The molecule has 136 valence electrons. The van der Waals surface area contributed by atoms with Crippen LogP contribution in [0.15, 0.2) is 0 Å². The molecule has 0 radical (unpaired) electrons. The van der Waals surface area contributed by atoms with Crippen LogP contribution in [-0.4, -0.2) is 31.8 Å². The summed E-state index contributed by atoms with van der Waals surface area (Å²) in [5.41, 5.74) is 0. The van der Waals surface area contributed by atoms with Crippen LogP contribution in [0.3, 0.4) is 0 Å². The number of amides is 1. The number of carbonyl (C=O) groups is 2. The van der Waals surface area contributed by atoms with Gasteiger partial charge in [-0.15, -0.1) is 0 Å². The van der Waals surface area contributed by atoms with Crippen LogP contribution in [0.2, 0.25) is 0 Å². The number of alkyl carbamates (subject to hydrolysis) is 1. The summed E-state index contributed by atoms with van der Waals surface area (Å²) >= 11 is 0. The number of nitrogens with one attached hydrogen (secondary N) is 1. The van der Waals surface area contributed by atoms with Crippen molar-refractivity contribution in [3.05, 3.63) is 0 Å². The number of methoxy groups -OCH3 is 1. The zero-order valence-electron chi connectivity index (χ0n) is 15.2. The molecule has 5 heteroatoms. The second-order valence-corrected chi connectivity index (χ2v) is 6.06. The maximum absolute atomic E-state index is 11.6. The van der Waals surface area contributed by atoms with Crippen molar-refractivity contribution in [2.24, 2.45) is 0 Å². The second kappa shape index (κ2) is 15.6. The van der Waals surface area contributed by atoms with Crippen molar-refractivity contribution in [2.75, 3.05) is 13.7 Å². The molecule has 0 fully saturated rings. The molecule has 1 amide bonds. The van der Waals surface area contributed by atoms with Crippen LogP contribution >= 0.6 is 0 Å². The molecule has 1 atom stereocenters. The smallest absolute Gasteiger partial charge is 0.407 e. The molecule has 0 aromatic carbocycles. The lowest BCUT2D eigenvalue weighted by Gasteiger charge is -2.12. The lowest BCUT2D eigenvalue weighted by molar-refractivity contribution is -0.145. The Kier molecular flexibility index (Phi) is 14.8. The molecule has 0 aromatic heterocycles. The molecule has 5 nitrogen and oxygen atoms in total. The Hall–Kier alpha value is -1.26. The molecule has 0 heterocycles. The topological polar surface area (TPSA) is 64.6 Å². The molecule has 0 aromatic rings. The molecule has 1 N–H and O–H groups in total. The molecule has 23 heavy (non-hydrogen) atoms. The van der Waals surface area contributed by atoms with E-state index in [9.17, 15) is 9.59 Å². The Morgan fingerprint density at radius 2 is 1.35 bits per heavy atom. The number of ether oxygens (including phenoxy) is 2. The summed E-state index contributed by atoms with van der Waals surface area (Å²) in [4.78, 5) is 22.5. The monoisotopic (exact) mass is 329 g/mol. The minimum atomic E-state index is -0.671. The Labute approximate surface area is 141 Å². The highest BCUT2D eigenvalue weighted by Gasteiger charge is 2.16. The fourth-order valence-corrected chi connectivity index (χ4v) is 2.36. The first-order chi connectivity index (χ1) is 11.1. The molecular formula is C18H35NO4. The van der Waals surface area contributed by atoms with E-state index in [0.29, 0.717) is 6.61 Å². The first-order valence-electron chi connectivity index (χ1n) is 9.13. The van der Waals surface area contributed by atoms with Gasteiger partial charge in [0.25, 0.3) is 0 Å². The summed E-state index contributed by atoms with van der Waals surface area (Å²) in [6, 6.07) is -0.671. The molecular weight excluding hydrogens is 294 g/mol. The van der Waals surface area contributed by atoms with Crippen LogP contribution < -0.4 is 5.32 Å². The van der Waals surface area contributed by atoms with E-state index in [1.165, 1.54) is 64.9 Å². The average molecular weight is 329 g/mol. The van der Waals surface area contributed by atoms with Crippen LogP contribution in [0, 0.1) is 0 Å². The zero-order chi connectivity index (χ0) is 17.3. The van der Waals surface area contributed by atoms with E-state index in [-0.39, 0.29) is 0 Å². The van der Waals surface area contributed by atoms with Crippen molar-refractivity contribution in [1.29, 1.82) is 0 Å². The van der Waals surface area contributed by atoms with Crippen molar-refractivity contribution in [3.63, 3.8) is 0 Å². The Balaban J connectivity index is 3.32. The van der Waals surface area contributed by atoms with Crippen LogP contribution in [0.5, 0.6) is 0 Å². The maximum atomic E-state index is 11.6. The predicted molar refractivity (Wildman–Crippen MR) is 92.4 cm³/mol. The Morgan fingerprint density at radius 3 is 1.83 bits per heavy atom. The van der Waals surface area contributed by atoms with E-state index >= 15 is 0 Å². The highest BCUT2D eigenvalue weighted by Crippen LogP contribution is 2.11. The number of rotatable bonds is 14. The van der Waals surface area contributed by atoms with Crippen LogP contribution in [0.1, 0.15) is 84.5 Å². The first kappa shape index (κ1) is 21.7. The van der Waals surface area contributed by atoms with Crippen molar-refractivity contribution in [3.8, 4) is 0 Å². The molecule has 0 aliphatic carbocycles. The van der Waals surface area contributed by atoms with Gasteiger partial charge in [-0.25, -0.2) is 9.59 Å². The summed E-state index contributed by atoms with van der Waals surface area (Å²) in [7, 11) is 1.26.